The molecule has 1 aliphatic rings. The average Bonchev–Trinajstić information content (AvgIpc) is 2.39. The zero-order valence-corrected chi connectivity index (χ0v) is 12.0. The highest BCUT2D eigenvalue weighted by atomic mass is 16.4. The Morgan fingerprint density at radius 1 is 1.37 bits per heavy atom. The molecule has 0 bridgehead atoms. The van der Waals surface area contributed by atoms with Crippen molar-refractivity contribution in [2.24, 2.45) is 5.41 Å². The molecule has 5 nitrogen and oxygen atoms in total. The van der Waals surface area contributed by atoms with Crippen molar-refractivity contribution in [3.8, 4) is 0 Å². The zero-order valence-electron chi connectivity index (χ0n) is 12.0. The fourth-order valence-corrected chi connectivity index (χ4v) is 2.82. The van der Waals surface area contributed by atoms with Gasteiger partial charge in [0.05, 0.1) is 5.41 Å². The molecule has 3 N–H and O–H groups in total. The largest absolute Gasteiger partial charge is 0.480 e. The van der Waals surface area contributed by atoms with Gasteiger partial charge in [0.1, 0.15) is 6.04 Å². The van der Waals surface area contributed by atoms with Crippen LogP contribution in [-0.4, -0.2) is 36.1 Å². The lowest BCUT2D eigenvalue weighted by molar-refractivity contribution is -0.144. The third-order valence-corrected chi connectivity index (χ3v) is 3.86. The van der Waals surface area contributed by atoms with E-state index < -0.39 is 17.4 Å². The van der Waals surface area contributed by atoms with E-state index in [1.807, 2.05) is 6.92 Å². The first-order valence-electron chi connectivity index (χ1n) is 7.30. The number of hydrogen-bond acceptors (Lipinski definition) is 3. The van der Waals surface area contributed by atoms with Crippen LogP contribution in [0.1, 0.15) is 52.4 Å². The van der Waals surface area contributed by atoms with Gasteiger partial charge in [-0.25, -0.2) is 4.79 Å². The summed E-state index contributed by atoms with van der Waals surface area (Å²) in [6, 6.07) is -0.756. The molecule has 1 fully saturated rings. The van der Waals surface area contributed by atoms with Crippen molar-refractivity contribution in [3.63, 3.8) is 0 Å². The Morgan fingerprint density at radius 2 is 2.11 bits per heavy atom. The SMILES string of the molecule is CCC[C@H](NC(=O)C1(CCC)CCCNC1)C(=O)O. The van der Waals surface area contributed by atoms with Crippen LogP contribution in [0.5, 0.6) is 0 Å². The molecule has 1 heterocycles. The van der Waals surface area contributed by atoms with E-state index in [-0.39, 0.29) is 5.91 Å². The van der Waals surface area contributed by atoms with Gasteiger partial charge in [-0.3, -0.25) is 4.79 Å². The number of rotatable bonds is 7. The van der Waals surface area contributed by atoms with Crippen molar-refractivity contribution in [1.82, 2.24) is 10.6 Å². The number of carboxylic acids is 1. The predicted molar refractivity (Wildman–Crippen MR) is 73.9 cm³/mol. The molecule has 5 heteroatoms. The van der Waals surface area contributed by atoms with Crippen molar-refractivity contribution >= 4 is 11.9 Å². The normalized spacial score (nSPS) is 24.7. The van der Waals surface area contributed by atoms with Gasteiger partial charge in [0.25, 0.3) is 0 Å². The van der Waals surface area contributed by atoms with E-state index in [4.69, 9.17) is 5.11 Å². The second-order valence-electron chi connectivity index (χ2n) is 5.46. The molecule has 0 aromatic rings. The number of piperidine rings is 1. The molecule has 2 atom stereocenters. The second kappa shape index (κ2) is 7.48. The summed E-state index contributed by atoms with van der Waals surface area (Å²) in [6.45, 7) is 5.58. The maximum Gasteiger partial charge on any atom is 0.326 e. The molecule has 19 heavy (non-hydrogen) atoms. The van der Waals surface area contributed by atoms with Gasteiger partial charge >= 0.3 is 5.97 Å². The summed E-state index contributed by atoms with van der Waals surface area (Å²) in [7, 11) is 0. The van der Waals surface area contributed by atoms with Gasteiger partial charge < -0.3 is 15.7 Å². The van der Waals surface area contributed by atoms with Crippen LogP contribution in [0.25, 0.3) is 0 Å². The van der Waals surface area contributed by atoms with Crippen molar-refractivity contribution in [2.75, 3.05) is 13.1 Å². The minimum absolute atomic E-state index is 0.0950. The van der Waals surface area contributed by atoms with Crippen LogP contribution in [0.3, 0.4) is 0 Å². The number of nitrogens with one attached hydrogen (secondary N) is 2. The third-order valence-electron chi connectivity index (χ3n) is 3.86. The van der Waals surface area contributed by atoms with Crippen molar-refractivity contribution in [2.45, 2.75) is 58.4 Å². The predicted octanol–water partition coefficient (Wildman–Crippen LogP) is 1.53. The Labute approximate surface area is 115 Å². The number of hydrogen-bond donors (Lipinski definition) is 3. The van der Waals surface area contributed by atoms with Crippen molar-refractivity contribution in [1.29, 1.82) is 0 Å². The fourth-order valence-electron chi connectivity index (χ4n) is 2.82. The van der Waals surface area contributed by atoms with Gasteiger partial charge in [0.2, 0.25) is 5.91 Å². The molecule has 1 saturated heterocycles. The molecule has 0 aliphatic carbocycles. The van der Waals surface area contributed by atoms with E-state index >= 15 is 0 Å². The van der Waals surface area contributed by atoms with E-state index in [9.17, 15) is 9.59 Å². The highest BCUT2D eigenvalue weighted by Gasteiger charge is 2.40. The number of carboxylic acid groups (broad SMARTS) is 1. The van der Waals surface area contributed by atoms with E-state index in [0.29, 0.717) is 13.0 Å². The van der Waals surface area contributed by atoms with Gasteiger partial charge in [-0.2, -0.15) is 0 Å². The Bertz CT molecular complexity index is 306. The van der Waals surface area contributed by atoms with Crippen LogP contribution in [0, 0.1) is 5.41 Å². The molecule has 1 rings (SSSR count). The molecule has 1 amide bonds. The summed E-state index contributed by atoms with van der Waals surface area (Å²) in [5.41, 5.74) is -0.422. The molecule has 1 aliphatic heterocycles. The zero-order chi connectivity index (χ0) is 14.3. The molecular formula is C14H26N2O3. The van der Waals surface area contributed by atoms with Gasteiger partial charge in [0, 0.05) is 6.54 Å². The maximum absolute atomic E-state index is 12.5. The van der Waals surface area contributed by atoms with Gasteiger partial charge in [-0.15, -0.1) is 0 Å². The van der Waals surface area contributed by atoms with E-state index in [1.54, 1.807) is 0 Å². The van der Waals surface area contributed by atoms with E-state index in [1.165, 1.54) is 0 Å². The Balaban J connectivity index is 2.73. The van der Waals surface area contributed by atoms with Gasteiger partial charge in [0.15, 0.2) is 0 Å². The molecule has 0 aromatic heterocycles. The lowest BCUT2D eigenvalue weighted by Gasteiger charge is -2.37. The summed E-state index contributed by atoms with van der Waals surface area (Å²) in [5, 5.41) is 15.1. The van der Waals surface area contributed by atoms with Gasteiger partial charge in [-0.1, -0.05) is 26.7 Å². The first-order chi connectivity index (χ1) is 9.05. The number of aliphatic carboxylic acids is 1. The summed E-state index contributed by atoms with van der Waals surface area (Å²) in [6.07, 6.45) is 4.79. The van der Waals surface area contributed by atoms with E-state index in [2.05, 4.69) is 17.6 Å². The van der Waals surface area contributed by atoms with Crippen LogP contribution in [0.4, 0.5) is 0 Å². The van der Waals surface area contributed by atoms with Crippen LogP contribution in [0.15, 0.2) is 0 Å². The van der Waals surface area contributed by atoms with Crippen LogP contribution in [-0.2, 0) is 9.59 Å². The van der Waals surface area contributed by atoms with Crippen LogP contribution >= 0.6 is 0 Å². The Kier molecular flexibility index (Phi) is 6.28. The van der Waals surface area contributed by atoms with Crippen LogP contribution in [0.2, 0.25) is 0 Å². The minimum atomic E-state index is -0.939. The van der Waals surface area contributed by atoms with Crippen LogP contribution < -0.4 is 10.6 Å². The monoisotopic (exact) mass is 270 g/mol. The lowest BCUT2D eigenvalue weighted by Crippen LogP contribution is -2.54. The molecule has 0 radical (unpaired) electrons. The Morgan fingerprint density at radius 3 is 2.58 bits per heavy atom. The summed E-state index contributed by atoms with van der Waals surface area (Å²) >= 11 is 0. The maximum atomic E-state index is 12.5. The highest BCUT2D eigenvalue weighted by molar-refractivity contribution is 5.87. The summed E-state index contributed by atoms with van der Waals surface area (Å²) in [5.74, 6) is -1.03. The highest BCUT2D eigenvalue weighted by Crippen LogP contribution is 2.32. The van der Waals surface area contributed by atoms with Crippen molar-refractivity contribution in [3.05, 3.63) is 0 Å². The summed E-state index contributed by atoms with van der Waals surface area (Å²) < 4.78 is 0. The van der Waals surface area contributed by atoms with E-state index in [0.717, 1.165) is 38.6 Å². The first kappa shape index (κ1) is 16.0. The number of amides is 1. The molecular weight excluding hydrogens is 244 g/mol. The molecule has 110 valence electrons. The first-order valence-corrected chi connectivity index (χ1v) is 7.30. The number of carbonyl (C=O) groups is 2. The Hall–Kier alpha value is -1.10. The smallest absolute Gasteiger partial charge is 0.326 e. The average molecular weight is 270 g/mol. The molecule has 0 spiro atoms. The molecule has 0 aromatic carbocycles. The second-order valence-corrected chi connectivity index (χ2v) is 5.46. The van der Waals surface area contributed by atoms with Crippen molar-refractivity contribution < 1.29 is 14.7 Å². The molecule has 1 unspecified atom stereocenters. The summed E-state index contributed by atoms with van der Waals surface area (Å²) in [4.78, 5) is 23.6. The topological polar surface area (TPSA) is 78.4 Å². The minimum Gasteiger partial charge on any atom is -0.480 e. The number of carbonyl (C=O) groups excluding carboxylic acids is 1. The molecule has 0 saturated carbocycles. The fraction of sp³-hybridized carbons (Fsp3) is 0.857. The third kappa shape index (κ3) is 4.20. The van der Waals surface area contributed by atoms with Gasteiger partial charge in [-0.05, 0) is 32.2 Å². The quantitative estimate of drug-likeness (QED) is 0.655. The standard InChI is InChI=1S/C14H26N2O3/c1-3-6-11(12(17)18)16-13(19)14(7-4-2)8-5-9-15-10-14/h11,15H,3-10H2,1-2H3,(H,16,19)(H,17,18)/t11-,14?/m0/s1. The lowest BCUT2D eigenvalue weighted by atomic mass is 9.76.